The summed E-state index contributed by atoms with van der Waals surface area (Å²) in [6.07, 6.45) is 0.356. The Morgan fingerprint density at radius 3 is 2.35 bits per heavy atom. The Morgan fingerprint density at radius 1 is 1.00 bits per heavy atom. The summed E-state index contributed by atoms with van der Waals surface area (Å²) in [6.45, 7) is 0. The molecule has 0 unspecified atom stereocenters. The second kappa shape index (κ2) is 6.04. The summed E-state index contributed by atoms with van der Waals surface area (Å²) in [4.78, 5) is 0.168. The van der Waals surface area contributed by atoms with Crippen LogP contribution in [0, 0.1) is 0 Å². The van der Waals surface area contributed by atoms with Crippen LogP contribution in [0.2, 0.25) is 10.0 Å². The molecule has 0 bridgehead atoms. The molecule has 0 spiro atoms. The number of benzene rings is 2. The second-order valence-corrected chi connectivity index (χ2v) is 7.27. The van der Waals surface area contributed by atoms with E-state index < -0.39 is 9.84 Å². The van der Waals surface area contributed by atoms with Crippen molar-refractivity contribution in [2.75, 3.05) is 11.5 Å². The van der Waals surface area contributed by atoms with E-state index in [0.29, 0.717) is 17.1 Å². The SMILES string of the molecule is Nc1ccccc1CCS(=O)(=O)c1ccc(Cl)c(Cl)c1. The quantitative estimate of drug-likeness (QED) is 0.872. The van der Waals surface area contributed by atoms with E-state index in [1.165, 1.54) is 18.2 Å². The molecule has 0 aliphatic carbocycles. The Hall–Kier alpha value is -1.23. The van der Waals surface area contributed by atoms with Gasteiger partial charge in [-0.15, -0.1) is 0 Å². The molecular weight excluding hydrogens is 317 g/mol. The van der Waals surface area contributed by atoms with Gasteiger partial charge in [0, 0.05) is 5.69 Å². The number of para-hydroxylation sites is 1. The van der Waals surface area contributed by atoms with Crippen LogP contribution in [0.3, 0.4) is 0 Å². The monoisotopic (exact) mass is 329 g/mol. The van der Waals surface area contributed by atoms with Crippen LogP contribution in [-0.2, 0) is 16.3 Å². The lowest BCUT2D eigenvalue weighted by molar-refractivity contribution is 0.595. The maximum Gasteiger partial charge on any atom is 0.178 e. The number of anilines is 1. The number of nitrogen functional groups attached to an aromatic ring is 1. The van der Waals surface area contributed by atoms with Gasteiger partial charge in [0.25, 0.3) is 0 Å². The largest absolute Gasteiger partial charge is 0.399 e. The molecule has 0 fully saturated rings. The molecule has 0 aliphatic rings. The van der Waals surface area contributed by atoms with Crippen LogP contribution in [-0.4, -0.2) is 14.2 Å². The lowest BCUT2D eigenvalue weighted by Crippen LogP contribution is -2.10. The van der Waals surface area contributed by atoms with Gasteiger partial charge in [0.2, 0.25) is 0 Å². The predicted molar refractivity (Wildman–Crippen MR) is 83.1 cm³/mol. The third-order valence-electron chi connectivity index (χ3n) is 2.95. The summed E-state index contributed by atoms with van der Waals surface area (Å²) in [6, 6.07) is 11.5. The summed E-state index contributed by atoms with van der Waals surface area (Å²) in [5.41, 5.74) is 7.21. The van der Waals surface area contributed by atoms with Gasteiger partial charge in [-0.1, -0.05) is 41.4 Å². The molecule has 0 amide bonds. The molecule has 0 saturated heterocycles. The molecule has 2 rings (SSSR count). The highest BCUT2D eigenvalue weighted by Gasteiger charge is 2.16. The first-order chi connectivity index (χ1) is 9.40. The molecule has 0 heterocycles. The molecule has 6 heteroatoms. The number of aryl methyl sites for hydroxylation is 1. The average molecular weight is 330 g/mol. The topological polar surface area (TPSA) is 60.2 Å². The molecule has 2 aromatic rings. The van der Waals surface area contributed by atoms with Crippen molar-refractivity contribution in [2.45, 2.75) is 11.3 Å². The van der Waals surface area contributed by atoms with Crippen LogP contribution in [0.4, 0.5) is 5.69 Å². The van der Waals surface area contributed by atoms with Crippen molar-refractivity contribution in [1.82, 2.24) is 0 Å². The van der Waals surface area contributed by atoms with Gasteiger partial charge in [-0.25, -0.2) is 8.42 Å². The van der Waals surface area contributed by atoms with E-state index in [1.54, 1.807) is 6.07 Å². The number of nitrogens with two attached hydrogens (primary N) is 1. The van der Waals surface area contributed by atoms with E-state index in [1.807, 2.05) is 18.2 Å². The highest BCUT2D eigenvalue weighted by Crippen LogP contribution is 2.25. The Balaban J connectivity index is 2.19. The van der Waals surface area contributed by atoms with Crippen molar-refractivity contribution in [3.8, 4) is 0 Å². The van der Waals surface area contributed by atoms with E-state index in [-0.39, 0.29) is 15.7 Å². The zero-order valence-corrected chi connectivity index (χ0v) is 12.8. The first kappa shape index (κ1) is 15.2. The third-order valence-corrected chi connectivity index (χ3v) is 5.40. The molecular formula is C14H13Cl2NO2S. The van der Waals surface area contributed by atoms with Gasteiger partial charge in [-0.05, 0) is 36.2 Å². The molecule has 20 heavy (non-hydrogen) atoms. The predicted octanol–water partition coefficient (Wildman–Crippen LogP) is 3.59. The number of hydrogen-bond donors (Lipinski definition) is 1. The van der Waals surface area contributed by atoms with E-state index in [0.717, 1.165) is 5.56 Å². The molecule has 3 nitrogen and oxygen atoms in total. The molecule has 0 aromatic heterocycles. The van der Waals surface area contributed by atoms with Gasteiger partial charge < -0.3 is 5.73 Å². The van der Waals surface area contributed by atoms with E-state index >= 15 is 0 Å². The normalized spacial score (nSPS) is 11.5. The van der Waals surface area contributed by atoms with Crippen molar-refractivity contribution in [3.63, 3.8) is 0 Å². The first-order valence-electron chi connectivity index (χ1n) is 5.91. The van der Waals surface area contributed by atoms with Gasteiger partial charge in [0.05, 0.1) is 20.7 Å². The van der Waals surface area contributed by atoms with Crippen LogP contribution in [0.1, 0.15) is 5.56 Å². The molecule has 0 saturated carbocycles. The first-order valence-corrected chi connectivity index (χ1v) is 8.32. The Bertz CT molecular complexity index is 730. The molecule has 2 aromatic carbocycles. The number of halogens is 2. The van der Waals surface area contributed by atoms with Crippen LogP contribution >= 0.6 is 23.2 Å². The fourth-order valence-corrected chi connectivity index (χ4v) is 3.45. The fourth-order valence-electron chi connectivity index (χ4n) is 1.79. The van der Waals surface area contributed by atoms with Crippen LogP contribution in [0.15, 0.2) is 47.4 Å². The van der Waals surface area contributed by atoms with Gasteiger partial charge in [-0.2, -0.15) is 0 Å². The number of sulfone groups is 1. The van der Waals surface area contributed by atoms with Gasteiger partial charge in [0.1, 0.15) is 0 Å². The van der Waals surface area contributed by atoms with Crippen molar-refractivity contribution in [2.24, 2.45) is 0 Å². The minimum atomic E-state index is -3.41. The zero-order valence-electron chi connectivity index (χ0n) is 10.5. The highest BCUT2D eigenvalue weighted by atomic mass is 35.5. The highest BCUT2D eigenvalue weighted by molar-refractivity contribution is 7.91. The average Bonchev–Trinajstić information content (AvgIpc) is 2.41. The number of hydrogen-bond acceptors (Lipinski definition) is 3. The van der Waals surface area contributed by atoms with Crippen LogP contribution in [0.25, 0.3) is 0 Å². The summed E-state index contributed by atoms with van der Waals surface area (Å²) in [5.74, 6) is -0.0286. The minimum absolute atomic E-state index is 0.0286. The molecule has 0 atom stereocenters. The van der Waals surface area contributed by atoms with Crippen molar-refractivity contribution >= 4 is 38.7 Å². The van der Waals surface area contributed by atoms with Crippen LogP contribution in [0.5, 0.6) is 0 Å². The van der Waals surface area contributed by atoms with Crippen molar-refractivity contribution < 1.29 is 8.42 Å². The van der Waals surface area contributed by atoms with Crippen molar-refractivity contribution in [3.05, 3.63) is 58.1 Å². The van der Waals surface area contributed by atoms with E-state index in [2.05, 4.69) is 0 Å². The molecule has 0 radical (unpaired) electrons. The summed E-state index contributed by atoms with van der Waals surface area (Å²) >= 11 is 11.6. The Morgan fingerprint density at radius 2 is 1.70 bits per heavy atom. The summed E-state index contributed by atoms with van der Waals surface area (Å²) in [7, 11) is -3.41. The summed E-state index contributed by atoms with van der Waals surface area (Å²) < 4.78 is 24.5. The standard InChI is InChI=1S/C14H13Cl2NO2S/c15-12-6-5-11(9-13(12)16)20(18,19)8-7-10-3-1-2-4-14(10)17/h1-6,9H,7-8,17H2. The van der Waals surface area contributed by atoms with E-state index in [9.17, 15) is 8.42 Å². The number of rotatable bonds is 4. The van der Waals surface area contributed by atoms with Crippen LogP contribution < -0.4 is 5.73 Å². The Kier molecular flexibility index (Phi) is 4.58. The maximum absolute atomic E-state index is 12.2. The fraction of sp³-hybridized carbons (Fsp3) is 0.143. The van der Waals surface area contributed by atoms with E-state index in [4.69, 9.17) is 28.9 Å². The second-order valence-electron chi connectivity index (χ2n) is 4.34. The minimum Gasteiger partial charge on any atom is -0.399 e. The van der Waals surface area contributed by atoms with Gasteiger partial charge in [-0.3, -0.25) is 0 Å². The van der Waals surface area contributed by atoms with Gasteiger partial charge >= 0.3 is 0 Å². The molecule has 2 N–H and O–H groups in total. The third kappa shape index (κ3) is 3.45. The van der Waals surface area contributed by atoms with Gasteiger partial charge in [0.15, 0.2) is 9.84 Å². The molecule has 0 aliphatic heterocycles. The lowest BCUT2D eigenvalue weighted by Gasteiger charge is -2.07. The molecule has 106 valence electrons. The Labute approximate surface area is 128 Å². The smallest absolute Gasteiger partial charge is 0.178 e. The van der Waals surface area contributed by atoms with Crippen molar-refractivity contribution in [1.29, 1.82) is 0 Å². The maximum atomic E-state index is 12.2. The lowest BCUT2D eigenvalue weighted by atomic mass is 10.1. The summed E-state index contributed by atoms with van der Waals surface area (Å²) in [5, 5.41) is 0.560. The zero-order chi connectivity index (χ0) is 14.8.